The number of anilines is 1. The standard InChI is InChI=1S/C14H14ClN5/c1-19-8-9(7-17-19)13-12(14(16)20(2)18-13)10-5-3-4-6-11(10)15/h3-8H,16H2,1-2H3. The van der Waals surface area contributed by atoms with Crippen LogP contribution in [0, 0.1) is 0 Å². The van der Waals surface area contributed by atoms with Gasteiger partial charge in [-0.3, -0.25) is 9.36 Å². The highest BCUT2D eigenvalue weighted by molar-refractivity contribution is 6.33. The van der Waals surface area contributed by atoms with Gasteiger partial charge in [-0.15, -0.1) is 0 Å². The molecule has 3 rings (SSSR count). The third-order valence-electron chi connectivity index (χ3n) is 3.21. The Morgan fingerprint density at radius 3 is 2.60 bits per heavy atom. The average Bonchev–Trinajstić information content (AvgIpc) is 2.96. The maximum Gasteiger partial charge on any atom is 0.129 e. The minimum Gasteiger partial charge on any atom is -0.383 e. The molecular formula is C14H14ClN5. The molecule has 6 heteroatoms. The van der Waals surface area contributed by atoms with Crippen LogP contribution in [-0.4, -0.2) is 19.6 Å². The summed E-state index contributed by atoms with van der Waals surface area (Å²) in [5.74, 6) is 0.581. The number of hydrogen-bond donors (Lipinski definition) is 1. The first-order valence-corrected chi connectivity index (χ1v) is 6.52. The zero-order valence-corrected chi connectivity index (χ0v) is 12.0. The first kappa shape index (κ1) is 12.7. The van der Waals surface area contributed by atoms with Gasteiger partial charge in [-0.2, -0.15) is 10.2 Å². The zero-order valence-electron chi connectivity index (χ0n) is 11.2. The molecule has 3 aromatic rings. The monoisotopic (exact) mass is 287 g/mol. The Hall–Kier alpha value is -2.27. The summed E-state index contributed by atoms with van der Waals surface area (Å²) in [5.41, 5.74) is 9.57. The molecule has 0 amide bonds. The van der Waals surface area contributed by atoms with Crippen LogP contribution in [0.3, 0.4) is 0 Å². The number of hydrogen-bond acceptors (Lipinski definition) is 3. The number of nitrogen functional groups attached to an aromatic ring is 1. The molecule has 102 valence electrons. The van der Waals surface area contributed by atoms with Crippen molar-refractivity contribution in [2.45, 2.75) is 0 Å². The second-order valence-electron chi connectivity index (χ2n) is 4.61. The summed E-state index contributed by atoms with van der Waals surface area (Å²) in [4.78, 5) is 0. The molecule has 0 aliphatic carbocycles. The zero-order chi connectivity index (χ0) is 14.3. The van der Waals surface area contributed by atoms with Crippen molar-refractivity contribution in [2.24, 2.45) is 14.1 Å². The topological polar surface area (TPSA) is 61.7 Å². The largest absolute Gasteiger partial charge is 0.383 e. The van der Waals surface area contributed by atoms with Crippen molar-refractivity contribution in [1.82, 2.24) is 19.6 Å². The summed E-state index contributed by atoms with van der Waals surface area (Å²) in [7, 11) is 3.68. The van der Waals surface area contributed by atoms with Crippen molar-refractivity contribution in [3.63, 3.8) is 0 Å². The smallest absolute Gasteiger partial charge is 0.129 e. The number of aromatic nitrogens is 4. The molecule has 0 spiro atoms. The predicted molar refractivity (Wildman–Crippen MR) is 80.3 cm³/mol. The minimum atomic E-state index is 0.581. The third kappa shape index (κ3) is 1.96. The van der Waals surface area contributed by atoms with E-state index in [4.69, 9.17) is 17.3 Å². The van der Waals surface area contributed by atoms with Crippen molar-refractivity contribution in [2.75, 3.05) is 5.73 Å². The van der Waals surface area contributed by atoms with Gasteiger partial charge in [0.1, 0.15) is 11.5 Å². The van der Waals surface area contributed by atoms with Gasteiger partial charge in [0.05, 0.1) is 11.8 Å². The van der Waals surface area contributed by atoms with E-state index >= 15 is 0 Å². The van der Waals surface area contributed by atoms with Crippen LogP contribution in [0.2, 0.25) is 5.02 Å². The highest BCUT2D eigenvalue weighted by atomic mass is 35.5. The van der Waals surface area contributed by atoms with E-state index in [0.29, 0.717) is 10.8 Å². The van der Waals surface area contributed by atoms with Gasteiger partial charge in [0, 0.05) is 36.4 Å². The van der Waals surface area contributed by atoms with Crippen LogP contribution in [0.4, 0.5) is 5.82 Å². The summed E-state index contributed by atoms with van der Waals surface area (Å²) in [6, 6.07) is 7.61. The number of aryl methyl sites for hydroxylation is 2. The SMILES string of the molecule is Cn1cc(-c2nn(C)c(N)c2-c2ccccc2Cl)cn1. The normalized spacial score (nSPS) is 10.9. The van der Waals surface area contributed by atoms with E-state index in [1.54, 1.807) is 15.6 Å². The van der Waals surface area contributed by atoms with E-state index in [2.05, 4.69) is 10.2 Å². The van der Waals surface area contributed by atoms with Crippen LogP contribution >= 0.6 is 11.6 Å². The van der Waals surface area contributed by atoms with Gasteiger partial charge in [0.25, 0.3) is 0 Å². The first-order chi connectivity index (χ1) is 9.58. The number of nitrogens with two attached hydrogens (primary N) is 1. The van der Waals surface area contributed by atoms with E-state index in [9.17, 15) is 0 Å². The van der Waals surface area contributed by atoms with E-state index in [-0.39, 0.29) is 0 Å². The van der Waals surface area contributed by atoms with Gasteiger partial charge in [-0.25, -0.2) is 0 Å². The molecule has 0 saturated carbocycles. The van der Waals surface area contributed by atoms with Crippen molar-refractivity contribution < 1.29 is 0 Å². The predicted octanol–water partition coefficient (Wildman–Crippen LogP) is 2.72. The van der Waals surface area contributed by atoms with E-state index in [1.807, 2.05) is 44.6 Å². The lowest BCUT2D eigenvalue weighted by Crippen LogP contribution is -1.98. The Morgan fingerprint density at radius 1 is 1.20 bits per heavy atom. The van der Waals surface area contributed by atoms with Gasteiger partial charge in [-0.05, 0) is 6.07 Å². The van der Waals surface area contributed by atoms with E-state index in [0.717, 1.165) is 22.4 Å². The maximum atomic E-state index is 6.29. The fourth-order valence-corrected chi connectivity index (χ4v) is 2.44. The van der Waals surface area contributed by atoms with Gasteiger partial charge in [0.15, 0.2) is 0 Å². The summed E-state index contributed by atoms with van der Waals surface area (Å²) in [6.45, 7) is 0. The third-order valence-corrected chi connectivity index (χ3v) is 3.54. The molecule has 2 aromatic heterocycles. The Morgan fingerprint density at radius 2 is 1.95 bits per heavy atom. The Bertz CT molecular complexity index is 772. The van der Waals surface area contributed by atoms with Crippen LogP contribution in [0.1, 0.15) is 0 Å². The van der Waals surface area contributed by atoms with Gasteiger partial charge in [-0.1, -0.05) is 29.8 Å². The summed E-state index contributed by atoms with van der Waals surface area (Å²) >= 11 is 6.29. The number of rotatable bonds is 2. The summed E-state index contributed by atoms with van der Waals surface area (Å²) in [5, 5.41) is 9.32. The lowest BCUT2D eigenvalue weighted by molar-refractivity contribution is 0.767. The molecule has 2 heterocycles. The second kappa shape index (κ2) is 4.68. The number of nitrogens with zero attached hydrogens (tertiary/aromatic N) is 4. The molecule has 0 saturated heterocycles. The molecule has 0 bridgehead atoms. The molecule has 0 aliphatic heterocycles. The van der Waals surface area contributed by atoms with Gasteiger partial charge >= 0.3 is 0 Å². The van der Waals surface area contributed by atoms with Gasteiger partial charge < -0.3 is 5.73 Å². The van der Waals surface area contributed by atoms with E-state index < -0.39 is 0 Å². The van der Waals surface area contributed by atoms with Crippen LogP contribution in [0.25, 0.3) is 22.4 Å². The van der Waals surface area contributed by atoms with Gasteiger partial charge in [0.2, 0.25) is 0 Å². The van der Waals surface area contributed by atoms with Crippen molar-refractivity contribution in [3.05, 3.63) is 41.7 Å². The molecular weight excluding hydrogens is 274 g/mol. The highest BCUT2D eigenvalue weighted by Crippen LogP contribution is 2.38. The number of benzene rings is 1. The van der Waals surface area contributed by atoms with Crippen molar-refractivity contribution in [1.29, 1.82) is 0 Å². The lowest BCUT2D eigenvalue weighted by atomic mass is 10.0. The Kier molecular flexibility index (Phi) is 2.99. The molecule has 1 aromatic carbocycles. The van der Waals surface area contributed by atoms with Crippen molar-refractivity contribution >= 4 is 17.4 Å². The Balaban J connectivity index is 2.28. The quantitative estimate of drug-likeness (QED) is 0.788. The van der Waals surface area contributed by atoms with Crippen LogP contribution in [0.15, 0.2) is 36.7 Å². The van der Waals surface area contributed by atoms with Crippen molar-refractivity contribution in [3.8, 4) is 22.4 Å². The summed E-state index contributed by atoms with van der Waals surface area (Å²) in [6.07, 6.45) is 3.67. The highest BCUT2D eigenvalue weighted by Gasteiger charge is 2.19. The number of halogens is 1. The molecule has 2 N–H and O–H groups in total. The molecule has 0 fully saturated rings. The van der Waals surface area contributed by atoms with Crippen LogP contribution in [-0.2, 0) is 14.1 Å². The van der Waals surface area contributed by atoms with Crippen LogP contribution < -0.4 is 5.73 Å². The molecule has 0 aliphatic rings. The molecule has 0 atom stereocenters. The Labute approximate surface area is 121 Å². The maximum absolute atomic E-state index is 6.29. The molecule has 0 radical (unpaired) electrons. The average molecular weight is 288 g/mol. The van der Waals surface area contributed by atoms with E-state index in [1.165, 1.54) is 0 Å². The molecule has 20 heavy (non-hydrogen) atoms. The fourth-order valence-electron chi connectivity index (χ4n) is 2.21. The lowest BCUT2D eigenvalue weighted by Gasteiger charge is -2.05. The fraction of sp³-hybridized carbons (Fsp3) is 0.143. The molecule has 5 nitrogen and oxygen atoms in total. The minimum absolute atomic E-state index is 0.581. The summed E-state index contributed by atoms with van der Waals surface area (Å²) < 4.78 is 3.39. The molecule has 0 unspecified atom stereocenters. The second-order valence-corrected chi connectivity index (χ2v) is 5.02. The van der Waals surface area contributed by atoms with Crippen LogP contribution in [0.5, 0.6) is 0 Å². The first-order valence-electron chi connectivity index (χ1n) is 6.14.